The number of carbonyl (C=O) groups excluding carboxylic acids is 3. The second-order valence-electron chi connectivity index (χ2n) is 6.60. The molecule has 2 N–H and O–H groups in total. The number of hydrogen-bond donors (Lipinski definition) is 2. The Morgan fingerprint density at radius 2 is 1.91 bits per heavy atom. The van der Waals surface area contributed by atoms with Crippen molar-refractivity contribution in [1.29, 1.82) is 0 Å². The lowest BCUT2D eigenvalue weighted by molar-refractivity contribution is -0.127. The van der Waals surface area contributed by atoms with Crippen molar-refractivity contribution in [3.05, 3.63) is 52.7 Å². The van der Waals surface area contributed by atoms with Gasteiger partial charge in [-0.2, -0.15) is 0 Å². The van der Waals surface area contributed by atoms with E-state index >= 15 is 0 Å². The van der Waals surface area contributed by atoms with Gasteiger partial charge in [-0.05, 0) is 42.8 Å². The van der Waals surface area contributed by atoms with E-state index in [1.807, 2.05) is 6.92 Å². The van der Waals surface area contributed by atoms with Gasteiger partial charge in [0.15, 0.2) is 11.5 Å². The van der Waals surface area contributed by atoms with Gasteiger partial charge in [0.1, 0.15) is 18.0 Å². The third-order valence-electron chi connectivity index (χ3n) is 4.49. The molecule has 2 aromatic carbocycles. The van der Waals surface area contributed by atoms with Crippen LogP contribution in [-0.4, -0.2) is 50.1 Å². The average Bonchev–Trinajstić information content (AvgIpc) is 3.01. The molecule has 1 aliphatic rings. The van der Waals surface area contributed by atoms with Crippen LogP contribution in [-0.2, 0) is 9.59 Å². The lowest BCUT2D eigenvalue weighted by atomic mass is 10.1. The molecular formula is C22H22ClN3O6. The maximum absolute atomic E-state index is 12.7. The summed E-state index contributed by atoms with van der Waals surface area (Å²) in [4.78, 5) is 38.3. The Balaban J connectivity index is 1.77. The Kier molecular flexibility index (Phi) is 7.21. The summed E-state index contributed by atoms with van der Waals surface area (Å²) < 4.78 is 15.9. The predicted molar refractivity (Wildman–Crippen MR) is 119 cm³/mol. The topological polar surface area (TPSA) is 106 Å². The molecule has 32 heavy (non-hydrogen) atoms. The molecule has 0 atom stereocenters. The van der Waals surface area contributed by atoms with Crippen LogP contribution < -0.4 is 24.8 Å². The standard InChI is InChI=1S/C22H22ClN3O6/c1-4-32-18-11-13(9-14(23)20(18)31-3)10-16-21(28)26(22(29)25-16)12-19(27)24-15-7-5-6-8-17(15)30-2/h5-11H,4,12H2,1-3H3,(H,24,27)(H,25,29)/b16-10+. The van der Waals surface area contributed by atoms with Crippen molar-refractivity contribution in [3.63, 3.8) is 0 Å². The summed E-state index contributed by atoms with van der Waals surface area (Å²) >= 11 is 6.24. The molecular weight excluding hydrogens is 438 g/mol. The smallest absolute Gasteiger partial charge is 0.329 e. The van der Waals surface area contributed by atoms with Crippen LogP contribution in [0.1, 0.15) is 12.5 Å². The van der Waals surface area contributed by atoms with Gasteiger partial charge in [0.05, 0.1) is 31.5 Å². The summed E-state index contributed by atoms with van der Waals surface area (Å²) in [6.45, 7) is 1.73. The fourth-order valence-corrected chi connectivity index (χ4v) is 3.39. The first-order valence-electron chi connectivity index (χ1n) is 9.65. The number of methoxy groups -OCH3 is 2. The number of imide groups is 1. The SMILES string of the molecule is CCOc1cc(/C=C2/NC(=O)N(CC(=O)Nc3ccccc3OC)C2=O)cc(Cl)c1OC. The van der Waals surface area contributed by atoms with E-state index in [2.05, 4.69) is 10.6 Å². The molecule has 1 fully saturated rings. The Bertz CT molecular complexity index is 1090. The summed E-state index contributed by atoms with van der Waals surface area (Å²) in [6, 6.07) is 9.32. The Morgan fingerprint density at radius 3 is 2.59 bits per heavy atom. The van der Waals surface area contributed by atoms with Crippen molar-refractivity contribution < 1.29 is 28.6 Å². The van der Waals surface area contributed by atoms with E-state index in [-0.39, 0.29) is 10.7 Å². The Hall–Kier alpha value is -3.72. The molecule has 0 spiro atoms. The maximum atomic E-state index is 12.7. The number of amides is 4. The minimum absolute atomic E-state index is 0.00349. The summed E-state index contributed by atoms with van der Waals surface area (Å²) in [5, 5.41) is 5.39. The number of nitrogens with zero attached hydrogens (tertiary/aromatic N) is 1. The highest BCUT2D eigenvalue weighted by Gasteiger charge is 2.35. The summed E-state index contributed by atoms with van der Waals surface area (Å²) in [6.07, 6.45) is 1.45. The van der Waals surface area contributed by atoms with Crippen molar-refractivity contribution in [2.75, 3.05) is 32.7 Å². The van der Waals surface area contributed by atoms with Gasteiger partial charge in [-0.3, -0.25) is 9.59 Å². The molecule has 0 unspecified atom stereocenters. The van der Waals surface area contributed by atoms with Crippen molar-refractivity contribution in [3.8, 4) is 17.2 Å². The van der Waals surface area contributed by atoms with Crippen LogP contribution in [0.15, 0.2) is 42.1 Å². The zero-order valence-electron chi connectivity index (χ0n) is 17.7. The van der Waals surface area contributed by atoms with Crippen molar-refractivity contribution in [2.45, 2.75) is 6.92 Å². The van der Waals surface area contributed by atoms with E-state index < -0.39 is 24.4 Å². The molecule has 0 aromatic heterocycles. The van der Waals surface area contributed by atoms with Gasteiger partial charge < -0.3 is 24.8 Å². The van der Waals surface area contributed by atoms with Gasteiger partial charge in [0.25, 0.3) is 5.91 Å². The summed E-state index contributed by atoms with van der Waals surface area (Å²) in [5.74, 6) is 0.0341. The zero-order chi connectivity index (χ0) is 23.3. The van der Waals surface area contributed by atoms with Crippen LogP contribution >= 0.6 is 11.6 Å². The largest absolute Gasteiger partial charge is 0.495 e. The number of urea groups is 1. The number of ether oxygens (including phenoxy) is 3. The van der Waals surface area contributed by atoms with Crippen molar-refractivity contribution in [2.24, 2.45) is 0 Å². The lowest BCUT2D eigenvalue weighted by Gasteiger charge is -2.13. The molecule has 0 bridgehead atoms. The molecule has 4 amide bonds. The van der Waals surface area contributed by atoms with E-state index in [1.165, 1.54) is 20.3 Å². The number of carbonyl (C=O) groups is 3. The molecule has 1 saturated heterocycles. The maximum Gasteiger partial charge on any atom is 0.329 e. The normalized spacial score (nSPS) is 14.4. The molecule has 0 saturated carbocycles. The highest BCUT2D eigenvalue weighted by Crippen LogP contribution is 2.37. The molecule has 0 radical (unpaired) electrons. The van der Waals surface area contributed by atoms with Gasteiger partial charge in [-0.15, -0.1) is 0 Å². The van der Waals surface area contributed by atoms with Crippen LogP contribution in [0, 0.1) is 0 Å². The van der Waals surface area contributed by atoms with E-state index in [9.17, 15) is 14.4 Å². The van der Waals surface area contributed by atoms with Crippen LogP contribution in [0.25, 0.3) is 6.08 Å². The van der Waals surface area contributed by atoms with Gasteiger partial charge in [0, 0.05) is 0 Å². The minimum atomic E-state index is -0.707. The monoisotopic (exact) mass is 459 g/mol. The Morgan fingerprint density at radius 1 is 1.16 bits per heavy atom. The molecule has 1 heterocycles. The molecule has 0 aliphatic carbocycles. The van der Waals surface area contributed by atoms with Crippen LogP contribution in [0.2, 0.25) is 5.02 Å². The molecule has 168 valence electrons. The van der Waals surface area contributed by atoms with Gasteiger partial charge >= 0.3 is 6.03 Å². The predicted octanol–water partition coefficient (Wildman–Crippen LogP) is 3.29. The first kappa shape index (κ1) is 23.0. The Labute approximate surface area is 189 Å². The third-order valence-corrected chi connectivity index (χ3v) is 4.77. The molecule has 10 heteroatoms. The number of benzene rings is 2. The van der Waals surface area contributed by atoms with E-state index in [4.69, 9.17) is 25.8 Å². The highest BCUT2D eigenvalue weighted by atomic mass is 35.5. The number of nitrogens with one attached hydrogen (secondary N) is 2. The van der Waals surface area contributed by atoms with Crippen LogP contribution in [0.4, 0.5) is 10.5 Å². The van der Waals surface area contributed by atoms with Gasteiger partial charge in [-0.25, -0.2) is 9.69 Å². The van der Waals surface area contributed by atoms with E-state index in [0.29, 0.717) is 35.1 Å². The van der Waals surface area contributed by atoms with E-state index in [1.54, 1.807) is 36.4 Å². The first-order valence-corrected chi connectivity index (χ1v) is 10.0. The average molecular weight is 460 g/mol. The van der Waals surface area contributed by atoms with Crippen molar-refractivity contribution in [1.82, 2.24) is 10.2 Å². The molecule has 2 aromatic rings. The summed E-state index contributed by atoms with van der Waals surface area (Å²) in [5.41, 5.74) is 0.950. The van der Waals surface area contributed by atoms with Gasteiger partial charge in [0.2, 0.25) is 5.91 Å². The minimum Gasteiger partial charge on any atom is -0.495 e. The van der Waals surface area contributed by atoms with Crippen LogP contribution in [0.5, 0.6) is 17.2 Å². The molecule has 1 aliphatic heterocycles. The highest BCUT2D eigenvalue weighted by molar-refractivity contribution is 6.32. The number of anilines is 1. The summed E-state index contributed by atoms with van der Waals surface area (Å²) in [7, 11) is 2.94. The fraction of sp³-hybridized carbons (Fsp3) is 0.227. The van der Waals surface area contributed by atoms with Crippen LogP contribution in [0.3, 0.4) is 0 Å². The number of rotatable bonds is 8. The van der Waals surface area contributed by atoms with E-state index in [0.717, 1.165) is 4.90 Å². The zero-order valence-corrected chi connectivity index (χ0v) is 18.5. The van der Waals surface area contributed by atoms with Gasteiger partial charge in [-0.1, -0.05) is 23.7 Å². The first-order chi connectivity index (χ1) is 15.4. The fourth-order valence-electron chi connectivity index (χ4n) is 3.10. The second kappa shape index (κ2) is 10.1. The second-order valence-corrected chi connectivity index (χ2v) is 7.00. The quantitative estimate of drug-likeness (QED) is 0.463. The molecule has 3 rings (SSSR count). The van der Waals surface area contributed by atoms with Crippen molar-refractivity contribution >= 4 is 41.2 Å². The molecule has 9 nitrogen and oxygen atoms in total. The lowest BCUT2D eigenvalue weighted by Crippen LogP contribution is -2.38. The number of hydrogen-bond acceptors (Lipinski definition) is 6. The number of halogens is 1. The number of para-hydroxylation sites is 2. The third kappa shape index (κ3) is 4.94.